The Morgan fingerprint density at radius 1 is 1.05 bits per heavy atom. The quantitative estimate of drug-likeness (QED) is 0.623. The molecule has 3 nitrogen and oxygen atoms in total. The Kier molecular flexibility index (Phi) is 4.80. The molecule has 0 saturated carbocycles. The van der Waals surface area contributed by atoms with Gasteiger partial charge in [-0.3, -0.25) is 0 Å². The zero-order chi connectivity index (χ0) is 15.4. The zero-order valence-corrected chi connectivity index (χ0v) is 13.8. The van der Waals surface area contributed by atoms with Gasteiger partial charge in [-0.2, -0.15) is 0 Å². The van der Waals surface area contributed by atoms with E-state index in [0.717, 1.165) is 28.8 Å². The molecule has 0 aliphatic rings. The summed E-state index contributed by atoms with van der Waals surface area (Å²) < 4.78 is 2.12. The van der Waals surface area contributed by atoms with E-state index >= 15 is 0 Å². The Bertz CT molecular complexity index is 756. The highest BCUT2D eigenvalue weighted by molar-refractivity contribution is 7.98. The van der Waals surface area contributed by atoms with Gasteiger partial charge < -0.3 is 4.57 Å². The van der Waals surface area contributed by atoms with Crippen molar-refractivity contribution in [2.75, 3.05) is 0 Å². The molecule has 0 bridgehead atoms. The van der Waals surface area contributed by atoms with E-state index < -0.39 is 0 Å². The number of thioether (sulfide) groups is 1. The maximum atomic E-state index is 6.08. The predicted molar refractivity (Wildman–Crippen MR) is 92.1 cm³/mol. The fourth-order valence-electron chi connectivity index (χ4n) is 2.24. The second kappa shape index (κ2) is 6.99. The van der Waals surface area contributed by atoms with E-state index in [0.29, 0.717) is 5.02 Å². The third-order valence-electron chi connectivity index (χ3n) is 3.33. The summed E-state index contributed by atoms with van der Waals surface area (Å²) in [7, 11) is 0. The first-order valence-electron chi connectivity index (χ1n) is 7.14. The largest absolute Gasteiger partial charge is 0.302 e. The minimum Gasteiger partial charge on any atom is -0.302 e. The lowest BCUT2D eigenvalue weighted by molar-refractivity contribution is 0.687. The van der Waals surface area contributed by atoms with Crippen molar-refractivity contribution in [2.24, 2.45) is 0 Å². The molecule has 2 aromatic carbocycles. The van der Waals surface area contributed by atoms with Gasteiger partial charge in [0.05, 0.1) is 0 Å². The molecular weight excluding hydrogens is 314 g/mol. The number of aromatic nitrogens is 3. The first-order chi connectivity index (χ1) is 10.8. The van der Waals surface area contributed by atoms with Gasteiger partial charge in [0.15, 0.2) is 11.0 Å². The Labute approximate surface area is 139 Å². The van der Waals surface area contributed by atoms with Crippen LogP contribution >= 0.6 is 23.4 Å². The zero-order valence-electron chi connectivity index (χ0n) is 12.2. The van der Waals surface area contributed by atoms with Crippen LogP contribution in [0.4, 0.5) is 0 Å². The van der Waals surface area contributed by atoms with Gasteiger partial charge in [0.1, 0.15) is 0 Å². The van der Waals surface area contributed by atoms with Crippen molar-refractivity contribution >= 4 is 23.4 Å². The summed E-state index contributed by atoms with van der Waals surface area (Å²) in [5.41, 5.74) is 2.27. The molecule has 0 N–H and O–H groups in total. The van der Waals surface area contributed by atoms with Gasteiger partial charge in [0, 0.05) is 22.9 Å². The van der Waals surface area contributed by atoms with E-state index in [9.17, 15) is 0 Å². The molecular formula is C17H16ClN3S. The van der Waals surface area contributed by atoms with Crippen molar-refractivity contribution in [3.8, 4) is 11.4 Å². The minimum absolute atomic E-state index is 0.710. The van der Waals surface area contributed by atoms with E-state index in [4.69, 9.17) is 11.6 Å². The first-order valence-corrected chi connectivity index (χ1v) is 8.50. The summed E-state index contributed by atoms with van der Waals surface area (Å²) in [5.74, 6) is 1.75. The lowest BCUT2D eigenvalue weighted by atomic mass is 10.2. The van der Waals surface area contributed by atoms with Crippen molar-refractivity contribution in [1.82, 2.24) is 14.8 Å². The molecule has 0 spiro atoms. The Hall–Kier alpha value is -1.78. The van der Waals surface area contributed by atoms with Crippen molar-refractivity contribution in [3.05, 3.63) is 65.2 Å². The Morgan fingerprint density at radius 2 is 1.86 bits per heavy atom. The lowest BCUT2D eigenvalue weighted by Gasteiger charge is -2.07. The number of hydrogen-bond acceptors (Lipinski definition) is 3. The summed E-state index contributed by atoms with van der Waals surface area (Å²) in [6.07, 6.45) is 0. The normalized spacial score (nSPS) is 10.8. The predicted octanol–water partition coefficient (Wildman–Crippen LogP) is 4.91. The molecule has 3 rings (SSSR count). The van der Waals surface area contributed by atoms with Gasteiger partial charge in [-0.1, -0.05) is 65.8 Å². The maximum absolute atomic E-state index is 6.08. The van der Waals surface area contributed by atoms with Gasteiger partial charge in [-0.15, -0.1) is 10.2 Å². The average Bonchev–Trinajstić information content (AvgIpc) is 2.97. The molecule has 22 heavy (non-hydrogen) atoms. The van der Waals surface area contributed by atoms with E-state index in [1.807, 2.05) is 30.3 Å². The number of rotatable bonds is 5. The highest BCUT2D eigenvalue weighted by atomic mass is 35.5. The second-order valence-corrected chi connectivity index (χ2v) is 6.21. The van der Waals surface area contributed by atoms with Crippen LogP contribution in [0.2, 0.25) is 5.02 Å². The van der Waals surface area contributed by atoms with E-state index in [1.165, 1.54) is 5.56 Å². The van der Waals surface area contributed by atoms with Crippen molar-refractivity contribution in [2.45, 2.75) is 24.4 Å². The highest BCUT2D eigenvalue weighted by Crippen LogP contribution is 2.27. The van der Waals surface area contributed by atoms with Gasteiger partial charge in [0.25, 0.3) is 0 Å². The van der Waals surface area contributed by atoms with Crippen LogP contribution in [0.1, 0.15) is 12.5 Å². The van der Waals surface area contributed by atoms with Crippen LogP contribution in [-0.2, 0) is 12.3 Å². The Balaban J connectivity index is 1.84. The van der Waals surface area contributed by atoms with Crippen LogP contribution < -0.4 is 0 Å². The monoisotopic (exact) mass is 329 g/mol. The van der Waals surface area contributed by atoms with Crippen molar-refractivity contribution in [3.63, 3.8) is 0 Å². The summed E-state index contributed by atoms with van der Waals surface area (Å²) >= 11 is 7.78. The maximum Gasteiger partial charge on any atom is 0.191 e. The van der Waals surface area contributed by atoms with Crippen LogP contribution in [0, 0.1) is 0 Å². The average molecular weight is 330 g/mol. The molecule has 0 aliphatic heterocycles. The van der Waals surface area contributed by atoms with Crippen LogP contribution in [0.3, 0.4) is 0 Å². The molecule has 112 valence electrons. The molecule has 3 aromatic rings. The highest BCUT2D eigenvalue weighted by Gasteiger charge is 2.13. The van der Waals surface area contributed by atoms with E-state index in [2.05, 4.69) is 46.0 Å². The minimum atomic E-state index is 0.710. The van der Waals surface area contributed by atoms with E-state index in [1.54, 1.807) is 11.8 Å². The second-order valence-electron chi connectivity index (χ2n) is 4.84. The molecule has 0 atom stereocenters. The summed E-state index contributed by atoms with van der Waals surface area (Å²) in [6.45, 7) is 2.93. The third-order valence-corrected chi connectivity index (χ3v) is 4.60. The fourth-order valence-corrected chi connectivity index (χ4v) is 3.39. The van der Waals surface area contributed by atoms with Crippen LogP contribution in [0.25, 0.3) is 11.4 Å². The van der Waals surface area contributed by atoms with Gasteiger partial charge in [0.2, 0.25) is 0 Å². The molecule has 0 amide bonds. The van der Waals surface area contributed by atoms with Crippen molar-refractivity contribution < 1.29 is 0 Å². The smallest absolute Gasteiger partial charge is 0.191 e. The SMILES string of the molecule is CCn1c(SCc2ccccc2)nnc1-c1cccc(Cl)c1. The third kappa shape index (κ3) is 3.34. The van der Waals surface area contributed by atoms with Gasteiger partial charge in [-0.25, -0.2) is 0 Å². The lowest BCUT2D eigenvalue weighted by Crippen LogP contribution is -1.99. The topological polar surface area (TPSA) is 30.7 Å². The van der Waals surface area contributed by atoms with E-state index in [-0.39, 0.29) is 0 Å². The summed E-state index contributed by atoms with van der Waals surface area (Å²) in [6, 6.07) is 18.1. The van der Waals surface area contributed by atoms with Crippen LogP contribution in [0.5, 0.6) is 0 Å². The van der Waals surface area contributed by atoms with Crippen LogP contribution in [0.15, 0.2) is 59.8 Å². The molecule has 1 heterocycles. The first kappa shape index (κ1) is 15.1. The summed E-state index contributed by atoms with van der Waals surface area (Å²) in [4.78, 5) is 0. The number of nitrogens with zero attached hydrogens (tertiary/aromatic N) is 3. The number of hydrogen-bond donors (Lipinski definition) is 0. The van der Waals surface area contributed by atoms with Crippen LogP contribution in [-0.4, -0.2) is 14.8 Å². The Morgan fingerprint density at radius 3 is 2.59 bits per heavy atom. The molecule has 0 unspecified atom stereocenters. The van der Waals surface area contributed by atoms with Gasteiger partial charge in [-0.05, 0) is 24.6 Å². The van der Waals surface area contributed by atoms with Gasteiger partial charge >= 0.3 is 0 Å². The molecule has 0 saturated heterocycles. The fraction of sp³-hybridized carbons (Fsp3) is 0.176. The molecule has 0 aliphatic carbocycles. The number of halogens is 1. The molecule has 0 radical (unpaired) electrons. The number of benzene rings is 2. The molecule has 1 aromatic heterocycles. The standard InChI is InChI=1S/C17H16ClN3S/c1-2-21-16(14-9-6-10-15(18)11-14)19-20-17(21)22-12-13-7-4-3-5-8-13/h3-11H,2,12H2,1H3. The summed E-state index contributed by atoms with van der Waals surface area (Å²) in [5, 5.41) is 10.3. The molecule has 0 fully saturated rings. The molecule has 5 heteroatoms. The van der Waals surface area contributed by atoms with Crippen molar-refractivity contribution in [1.29, 1.82) is 0 Å².